The summed E-state index contributed by atoms with van der Waals surface area (Å²) in [5, 5.41) is 0. The zero-order valence-electron chi connectivity index (χ0n) is 22.3. The Labute approximate surface area is 211 Å². The third-order valence-corrected chi connectivity index (χ3v) is 8.38. The molecule has 0 N–H and O–H groups in total. The number of ketones is 2. The van der Waals surface area contributed by atoms with Gasteiger partial charge in [0.15, 0.2) is 11.3 Å². The third kappa shape index (κ3) is 6.42. The largest absolute Gasteiger partial charge is 0.463 e. The Bertz CT molecular complexity index is 833. The van der Waals surface area contributed by atoms with Crippen LogP contribution < -0.4 is 0 Å². The number of rotatable bonds is 0. The van der Waals surface area contributed by atoms with E-state index in [-0.39, 0.29) is 35.9 Å². The summed E-state index contributed by atoms with van der Waals surface area (Å²) in [5.74, 6) is -1.03. The number of cyclic esters (lactones) is 1. The first-order valence-corrected chi connectivity index (χ1v) is 13.9. The summed E-state index contributed by atoms with van der Waals surface area (Å²) in [5.41, 5.74) is -0.169. The van der Waals surface area contributed by atoms with Crippen LogP contribution in [0.4, 0.5) is 0 Å². The van der Waals surface area contributed by atoms with Crippen molar-refractivity contribution in [2.24, 2.45) is 23.7 Å². The van der Waals surface area contributed by atoms with Crippen LogP contribution in [-0.4, -0.2) is 47.0 Å². The summed E-state index contributed by atoms with van der Waals surface area (Å²) in [6.07, 6.45) is 11.6. The molecule has 35 heavy (non-hydrogen) atoms. The molecule has 0 aromatic rings. The second-order valence-corrected chi connectivity index (χ2v) is 11.6. The van der Waals surface area contributed by atoms with Crippen LogP contribution in [0.15, 0.2) is 11.6 Å². The maximum atomic E-state index is 13.7. The molecule has 2 fully saturated rings. The van der Waals surface area contributed by atoms with Crippen molar-refractivity contribution < 1.29 is 23.9 Å². The first-order chi connectivity index (χ1) is 16.7. The fourth-order valence-electron chi connectivity index (χ4n) is 6.14. The molecule has 0 aliphatic carbocycles. The number of amides is 1. The van der Waals surface area contributed by atoms with Gasteiger partial charge in [0.05, 0.1) is 6.61 Å². The van der Waals surface area contributed by atoms with E-state index < -0.39 is 17.4 Å². The second-order valence-electron chi connectivity index (χ2n) is 11.6. The maximum Gasteiger partial charge on any atom is 0.339 e. The molecule has 0 aromatic carbocycles. The minimum Gasteiger partial charge on any atom is -0.463 e. The van der Waals surface area contributed by atoms with Crippen molar-refractivity contribution in [3.63, 3.8) is 0 Å². The highest BCUT2D eigenvalue weighted by atomic mass is 16.5. The van der Waals surface area contributed by atoms with Gasteiger partial charge in [-0.2, -0.15) is 0 Å². The van der Waals surface area contributed by atoms with E-state index in [1.165, 1.54) is 5.57 Å². The summed E-state index contributed by atoms with van der Waals surface area (Å²) in [6, 6.07) is 0. The molecule has 0 radical (unpaired) electrons. The number of nitrogens with zero attached hydrogens (tertiary/aromatic N) is 1. The van der Waals surface area contributed by atoms with E-state index in [0.717, 1.165) is 51.4 Å². The number of ether oxygens (including phenoxy) is 1. The summed E-state index contributed by atoms with van der Waals surface area (Å²) >= 11 is 0. The molecule has 0 saturated carbocycles. The van der Waals surface area contributed by atoms with Gasteiger partial charge in [0.1, 0.15) is 11.7 Å². The van der Waals surface area contributed by atoms with Crippen LogP contribution in [0.3, 0.4) is 0 Å². The number of carbonyl (C=O) groups is 4. The standard InChI is InChI=1S/C29H45NO5/c1-20-10-6-5-7-11-23(4)25-26(32)29(16-8-9-17-30(29)27(25)33)28(34)35-19-22(3)13-15-24(31)14-12-21(2)18-20/h12,20,22-23,25H,5-11,13-19H2,1-4H3/b21-12+. The smallest absolute Gasteiger partial charge is 0.339 e. The van der Waals surface area contributed by atoms with Crippen molar-refractivity contribution >= 4 is 23.4 Å². The van der Waals surface area contributed by atoms with Crippen molar-refractivity contribution in [1.82, 2.24) is 4.90 Å². The van der Waals surface area contributed by atoms with Gasteiger partial charge in [-0.1, -0.05) is 58.1 Å². The van der Waals surface area contributed by atoms with E-state index in [2.05, 4.69) is 19.9 Å². The topological polar surface area (TPSA) is 80.8 Å². The van der Waals surface area contributed by atoms with Gasteiger partial charge < -0.3 is 9.64 Å². The Morgan fingerprint density at radius 2 is 1.66 bits per heavy atom. The van der Waals surface area contributed by atoms with Crippen molar-refractivity contribution in [1.29, 1.82) is 0 Å². The molecular formula is C29H45NO5. The fraction of sp³-hybridized carbons (Fsp3) is 0.793. The van der Waals surface area contributed by atoms with Gasteiger partial charge in [0.25, 0.3) is 0 Å². The van der Waals surface area contributed by atoms with Crippen LogP contribution in [-0.2, 0) is 23.9 Å². The molecule has 3 heterocycles. The van der Waals surface area contributed by atoms with Gasteiger partial charge in [-0.25, -0.2) is 4.79 Å². The molecule has 6 heteroatoms. The average Bonchev–Trinajstić information content (AvgIpc) is 3.06. The van der Waals surface area contributed by atoms with Crippen LogP contribution in [0.5, 0.6) is 0 Å². The van der Waals surface area contributed by atoms with Gasteiger partial charge in [0, 0.05) is 19.4 Å². The summed E-state index contributed by atoms with van der Waals surface area (Å²) in [4.78, 5) is 54.4. The lowest BCUT2D eigenvalue weighted by Crippen LogP contribution is -2.59. The SMILES string of the molecule is C/C1=C\CC(=O)CCC(C)COC(=O)C23CCCCN2C(=O)C(C3=O)C(C)CCCCCC(C)C1. The number of esters is 1. The molecule has 196 valence electrons. The summed E-state index contributed by atoms with van der Waals surface area (Å²) in [7, 11) is 0. The molecule has 2 saturated heterocycles. The molecule has 1 amide bonds. The lowest BCUT2D eigenvalue weighted by atomic mass is 9.79. The highest BCUT2D eigenvalue weighted by Gasteiger charge is 2.64. The molecule has 3 rings (SSSR count). The Kier molecular flexibility index (Phi) is 9.71. The van der Waals surface area contributed by atoms with Gasteiger partial charge >= 0.3 is 5.97 Å². The predicted molar refractivity (Wildman–Crippen MR) is 136 cm³/mol. The van der Waals surface area contributed by atoms with Crippen LogP contribution in [0.1, 0.15) is 105 Å². The number of hydrogen-bond acceptors (Lipinski definition) is 5. The third-order valence-electron chi connectivity index (χ3n) is 8.38. The van der Waals surface area contributed by atoms with Crippen molar-refractivity contribution in [3.05, 3.63) is 11.6 Å². The number of hydrogen-bond donors (Lipinski definition) is 0. The fourth-order valence-corrected chi connectivity index (χ4v) is 6.14. The molecular weight excluding hydrogens is 442 g/mol. The molecule has 5 unspecified atom stereocenters. The minimum absolute atomic E-state index is 0.0116. The van der Waals surface area contributed by atoms with Crippen molar-refractivity contribution in [2.75, 3.05) is 13.2 Å². The molecule has 5 atom stereocenters. The second kappa shape index (κ2) is 12.3. The quantitative estimate of drug-likeness (QED) is 0.259. The van der Waals surface area contributed by atoms with E-state index in [9.17, 15) is 19.2 Å². The van der Waals surface area contributed by atoms with E-state index in [0.29, 0.717) is 38.1 Å². The van der Waals surface area contributed by atoms with Crippen molar-refractivity contribution in [3.8, 4) is 0 Å². The first kappa shape index (κ1) is 27.6. The molecule has 1 spiro atoms. The number of piperidine rings is 1. The zero-order valence-corrected chi connectivity index (χ0v) is 22.3. The van der Waals surface area contributed by atoms with Gasteiger partial charge in [-0.3, -0.25) is 14.4 Å². The number of carbonyl (C=O) groups excluding carboxylic acids is 4. The predicted octanol–water partition coefficient (Wildman–Crippen LogP) is 5.43. The summed E-state index contributed by atoms with van der Waals surface area (Å²) in [6.45, 7) is 8.93. The van der Waals surface area contributed by atoms with Crippen LogP contribution in [0.25, 0.3) is 0 Å². The van der Waals surface area contributed by atoms with Gasteiger partial charge in [-0.05, 0) is 63.2 Å². The Morgan fingerprint density at radius 3 is 2.43 bits per heavy atom. The Balaban J connectivity index is 1.76. The number of allylic oxidation sites excluding steroid dienone is 2. The lowest BCUT2D eigenvalue weighted by Gasteiger charge is -2.38. The normalized spacial score (nSPS) is 36.6. The Morgan fingerprint density at radius 1 is 0.914 bits per heavy atom. The summed E-state index contributed by atoms with van der Waals surface area (Å²) < 4.78 is 5.68. The lowest BCUT2D eigenvalue weighted by molar-refractivity contribution is -0.166. The molecule has 6 nitrogen and oxygen atoms in total. The molecule has 0 aromatic heterocycles. The zero-order chi connectivity index (χ0) is 25.6. The van der Waals surface area contributed by atoms with Crippen LogP contribution >= 0.6 is 0 Å². The highest BCUT2D eigenvalue weighted by molar-refractivity contribution is 6.23. The maximum absolute atomic E-state index is 13.7. The average molecular weight is 488 g/mol. The molecule has 3 aliphatic heterocycles. The number of Topliss-reactive ketones (excluding diaryl/α,β-unsaturated/α-hetero) is 2. The number of fused-ring (bicyclic) bond motifs is 1. The minimum atomic E-state index is -1.44. The van der Waals surface area contributed by atoms with E-state index in [1.54, 1.807) is 4.90 Å². The van der Waals surface area contributed by atoms with E-state index >= 15 is 0 Å². The van der Waals surface area contributed by atoms with E-state index in [1.807, 2.05) is 13.8 Å². The van der Waals surface area contributed by atoms with Crippen LogP contribution in [0.2, 0.25) is 0 Å². The monoisotopic (exact) mass is 487 g/mol. The molecule has 2 bridgehead atoms. The van der Waals surface area contributed by atoms with Crippen molar-refractivity contribution in [2.45, 2.75) is 110 Å². The molecule has 3 aliphatic rings. The first-order valence-electron chi connectivity index (χ1n) is 13.9. The van der Waals surface area contributed by atoms with E-state index in [4.69, 9.17) is 4.74 Å². The van der Waals surface area contributed by atoms with Gasteiger partial charge in [0.2, 0.25) is 5.91 Å². The highest BCUT2D eigenvalue weighted by Crippen LogP contribution is 2.43. The Hall–Kier alpha value is -1.98. The van der Waals surface area contributed by atoms with Crippen LogP contribution in [0, 0.1) is 23.7 Å². The van der Waals surface area contributed by atoms with Gasteiger partial charge in [-0.15, -0.1) is 0 Å².